The molecule has 0 spiro atoms. The second-order valence-electron chi connectivity index (χ2n) is 3.18. The molecule has 1 aromatic carbocycles. The first-order valence-electron chi connectivity index (χ1n) is 4.18. The van der Waals surface area contributed by atoms with Crippen molar-refractivity contribution in [3.63, 3.8) is 0 Å². The number of ether oxygens (including phenoxy) is 1. The van der Waals surface area contributed by atoms with E-state index in [1.807, 2.05) is 6.92 Å². The van der Waals surface area contributed by atoms with Gasteiger partial charge in [-0.3, -0.25) is 4.79 Å². The Labute approximate surface area is 76.0 Å². The van der Waals surface area contributed by atoms with Crippen LogP contribution >= 0.6 is 0 Å². The van der Waals surface area contributed by atoms with E-state index >= 15 is 0 Å². The van der Waals surface area contributed by atoms with Crippen LogP contribution in [0.15, 0.2) is 12.1 Å². The molecule has 1 heterocycles. The van der Waals surface area contributed by atoms with Crippen molar-refractivity contribution in [2.75, 3.05) is 6.61 Å². The molecule has 3 nitrogen and oxygen atoms in total. The van der Waals surface area contributed by atoms with Crippen LogP contribution in [0.25, 0.3) is 0 Å². The summed E-state index contributed by atoms with van der Waals surface area (Å²) in [5.41, 5.74) is 1.37. The van der Waals surface area contributed by atoms with Crippen molar-refractivity contribution in [3.8, 4) is 11.5 Å². The molecule has 1 aromatic rings. The molecule has 0 fully saturated rings. The summed E-state index contributed by atoms with van der Waals surface area (Å²) in [6, 6.07) is 3.34. The average molecular weight is 178 g/mol. The van der Waals surface area contributed by atoms with Crippen LogP contribution in [0.5, 0.6) is 11.5 Å². The van der Waals surface area contributed by atoms with E-state index in [9.17, 15) is 9.90 Å². The first-order chi connectivity index (χ1) is 6.18. The number of phenolic OH excluding ortho intramolecular Hbond substituents is 1. The van der Waals surface area contributed by atoms with Gasteiger partial charge in [-0.2, -0.15) is 0 Å². The highest BCUT2D eigenvalue weighted by Crippen LogP contribution is 2.34. The summed E-state index contributed by atoms with van der Waals surface area (Å²) < 4.78 is 5.21. The van der Waals surface area contributed by atoms with E-state index in [0.29, 0.717) is 24.3 Å². The lowest BCUT2D eigenvalue weighted by Gasteiger charge is -2.17. The van der Waals surface area contributed by atoms with Gasteiger partial charge in [0.15, 0.2) is 17.3 Å². The standard InChI is InChI=1S/C10H10O3/c1-6-4-7-8(11)2-3-13-10(7)9(12)5-6/h4-5,12H,2-3H2,1H3. The molecule has 1 aliphatic heterocycles. The Morgan fingerprint density at radius 2 is 2.23 bits per heavy atom. The number of phenols is 1. The van der Waals surface area contributed by atoms with E-state index in [0.717, 1.165) is 5.56 Å². The molecular weight excluding hydrogens is 168 g/mol. The quantitative estimate of drug-likeness (QED) is 0.657. The van der Waals surface area contributed by atoms with Gasteiger partial charge >= 0.3 is 0 Å². The zero-order valence-corrected chi connectivity index (χ0v) is 7.33. The number of rotatable bonds is 0. The molecule has 0 saturated heterocycles. The topological polar surface area (TPSA) is 46.5 Å². The van der Waals surface area contributed by atoms with Crippen molar-refractivity contribution in [2.45, 2.75) is 13.3 Å². The van der Waals surface area contributed by atoms with Crippen molar-refractivity contribution in [1.82, 2.24) is 0 Å². The molecule has 0 radical (unpaired) electrons. The summed E-state index contributed by atoms with van der Waals surface area (Å²) in [6.45, 7) is 2.20. The minimum Gasteiger partial charge on any atom is -0.504 e. The van der Waals surface area contributed by atoms with Gasteiger partial charge in [0.05, 0.1) is 12.2 Å². The third-order valence-electron chi connectivity index (χ3n) is 2.09. The molecule has 0 amide bonds. The second-order valence-corrected chi connectivity index (χ2v) is 3.18. The monoisotopic (exact) mass is 178 g/mol. The number of aryl methyl sites for hydroxylation is 1. The van der Waals surface area contributed by atoms with Crippen LogP contribution in [0.3, 0.4) is 0 Å². The van der Waals surface area contributed by atoms with Gasteiger partial charge in [-0.05, 0) is 24.6 Å². The highest BCUT2D eigenvalue weighted by atomic mass is 16.5. The minimum atomic E-state index is 0.0419. The second kappa shape index (κ2) is 2.76. The Hall–Kier alpha value is -1.51. The molecule has 0 aliphatic carbocycles. The molecule has 3 heteroatoms. The smallest absolute Gasteiger partial charge is 0.171 e. The first-order valence-corrected chi connectivity index (χ1v) is 4.18. The van der Waals surface area contributed by atoms with Crippen molar-refractivity contribution < 1.29 is 14.6 Å². The molecule has 1 aliphatic rings. The van der Waals surface area contributed by atoms with E-state index in [1.54, 1.807) is 12.1 Å². The van der Waals surface area contributed by atoms with Crippen LogP contribution in [0.2, 0.25) is 0 Å². The van der Waals surface area contributed by atoms with E-state index < -0.39 is 0 Å². The highest BCUT2D eigenvalue weighted by Gasteiger charge is 2.21. The Bertz CT molecular complexity index is 369. The number of fused-ring (bicyclic) bond motifs is 1. The van der Waals surface area contributed by atoms with Crippen LogP contribution in [0.4, 0.5) is 0 Å². The lowest BCUT2D eigenvalue weighted by molar-refractivity contribution is 0.0930. The SMILES string of the molecule is Cc1cc(O)c2c(c1)C(=O)CCO2. The van der Waals surface area contributed by atoms with Gasteiger partial charge in [-0.25, -0.2) is 0 Å². The molecule has 0 saturated carbocycles. The van der Waals surface area contributed by atoms with E-state index in [2.05, 4.69) is 0 Å². The summed E-state index contributed by atoms with van der Waals surface area (Å²) in [6.07, 6.45) is 0.399. The zero-order chi connectivity index (χ0) is 9.42. The number of hydrogen-bond acceptors (Lipinski definition) is 3. The van der Waals surface area contributed by atoms with Crippen molar-refractivity contribution in [1.29, 1.82) is 0 Å². The number of benzene rings is 1. The largest absolute Gasteiger partial charge is 0.504 e. The molecular formula is C10H10O3. The molecule has 0 atom stereocenters. The molecule has 68 valence electrons. The maximum atomic E-state index is 11.4. The van der Waals surface area contributed by atoms with E-state index in [4.69, 9.17) is 4.74 Å². The van der Waals surface area contributed by atoms with Crippen molar-refractivity contribution >= 4 is 5.78 Å². The Morgan fingerprint density at radius 1 is 1.46 bits per heavy atom. The summed E-state index contributed by atoms with van der Waals surface area (Å²) >= 11 is 0. The summed E-state index contributed by atoms with van der Waals surface area (Å²) in [4.78, 5) is 11.4. The lowest BCUT2D eigenvalue weighted by atomic mass is 10.0. The Morgan fingerprint density at radius 3 is 3.00 bits per heavy atom. The van der Waals surface area contributed by atoms with Crippen LogP contribution in [0, 0.1) is 6.92 Å². The third-order valence-corrected chi connectivity index (χ3v) is 2.09. The molecule has 0 bridgehead atoms. The van der Waals surface area contributed by atoms with Crippen molar-refractivity contribution in [3.05, 3.63) is 23.3 Å². The number of hydrogen-bond donors (Lipinski definition) is 1. The zero-order valence-electron chi connectivity index (χ0n) is 7.33. The van der Waals surface area contributed by atoms with Gasteiger partial charge in [-0.1, -0.05) is 0 Å². The Kier molecular flexibility index (Phi) is 1.72. The van der Waals surface area contributed by atoms with E-state index in [1.165, 1.54) is 0 Å². The third kappa shape index (κ3) is 1.26. The number of carbonyl (C=O) groups is 1. The summed E-state index contributed by atoms with van der Waals surface area (Å²) in [5.74, 6) is 0.435. The lowest BCUT2D eigenvalue weighted by Crippen LogP contribution is -2.15. The maximum Gasteiger partial charge on any atom is 0.171 e. The normalized spacial score (nSPS) is 15.0. The predicted molar refractivity (Wildman–Crippen MR) is 47.3 cm³/mol. The van der Waals surface area contributed by atoms with Gasteiger partial charge in [0.1, 0.15) is 0 Å². The molecule has 0 unspecified atom stereocenters. The number of Topliss-reactive ketones (excluding diaryl/α,β-unsaturated/α-hetero) is 1. The molecule has 0 aromatic heterocycles. The van der Waals surface area contributed by atoms with E-state index in [-0.39, 0.29) is 11.5 Å². The van der Waals surface area contributed by atoms with Crippen molar-refractivity contribution in [2.24, 2.45) is 0 Å². The maximum absolute atomic E-state index is 11.4. The molecule has 1 N–H and O–H groups in total. The summed E-state index contributed by atoms with van der Waals surface area (Å²) in [7, 11) is 0. The van der Waals surface area contributed by atoms with Gasteiger partial charge in [0.2, 0.25) is 0 Å². The van der Waals surface area contributed by atoms with Gasteiger partial charge in [-0.15, -0.1) is 0 Å². The number of aromatic hydroxyl groups is 1. The number of carbonyl (C=O) groups excluding carboxylic acids is 1. The average Bonchev–Trinajstić information content (AvgIpc) is 2.07. The molecule has 13 heavy (non-hydrogen) atoms. The minimum absolute atomic E-state index is 0.0419. The molecule has 2 rings (SSSR count). The Balaban J connectivity index is 2.63. The summed E-state index contributed by atoms with van der Waals surface area (Å²) in [5, 5.41) is 9.48. The van der Waals surface area contributed by atoms with Gasteiger partial charge < -0.3 is 9.84 Å². The fraction of sp³-hybridized carbons (Fsp3) is 0.300. The number of ketones is 1. The fourth-order valence-electron chi connectivity index (χ4n) is 1.49. The van der Waals surface area contributed by atoms with Crippen LogP contribution in [-0.2, 0) is 0 Å². The van der Waals surface area contributed by atoms with Crippen LogP contribution in [0.1, 0.15) is 22.3 Å². The van der Waals surface area contributed by atoms with Gasteiger partial charge in [0.25, 0.3) is 0 Å². The predicted octanol–water partition coefficient (Wildman–Crippen LogP) is 1.67. The van der Waals surface area contributed by atoms with Gasteiger partial charge in [0, 0.05) is 6.42 Å². The highest BCUT2D eigenvalue weighted by molar-refractivity contribution is 6.00. The first kappa shape index (κ1) is 8.10. The van der Waals surface area contributed by atoms with Crippen LogP contribution < -0.4 is 4.74 Å². The fourth-order valence-corrected chi connectivity index (χ4v) is 1.49. The van der Waals surface area contributed by atoms with Crippen LogP contribution in [-0.4, -0.2) is 17.5 Å².